The van der Waals surface area contributed by atoms with E-state index in [1.54, 1.807) is 28.4 Å². The van der Waals surface area contributed by atoms with Gasteiger partial charge in [0.2, 0.25) is 0 Å². The number of hydrogen-bond donors (Lipinski definition) is 0. The smallest absolute Gasteiger partial charge is 0.161 e. The van der Waals surface area contributed by atoms with Crippen LogP contribution < -0.4 is 9.47 Å². The van der Waals surface area contributed by atoms with Crippen LogP contribution in [-0.4, -0.2) is 58.6 Å². The van der Waals surface area contributed by atoms with Gasteiger partial charge < -0.3 is 18.9 Å². The van der Waals surface area contributed by atoms with E-state index in [0.717, 1.165) is 37.6 Å². The summed E-state index contributed by atoms with van der Waals surface area (Å²) in [5.41, 5.74) is 1.20. The van der Waals surface area contributed by atoms with E-state index < -0.39 is 0 Å². The Hall–Kier alpha value is -1.30. The van der Waals surface area contributed by atoms with Gasteiger partial charge >= 0.3 is 0 Å². The molecule has 1 aromatic carbocycles. The van der Waals surface area contributed by atoms with E-state index in [9.17, 15) is 0 Å². The largest absolute Gasteiger partial charge is 0.493 e. The fraction of sp³-hybridized carbons (Fsp3) is 0.625. The first-order chi connectivity index (χ1) is 10.2. The standard InChI is InChI=1S/C16H25NO4/c1-18-11-13-8-14(19-2)10-17(13)9-12-5-6-15(20-3)16(7-12)21-4/h5-7,13-14H,8-11H2,1-4H3/t13-,14+/m0/s1. The van der Waals surface area contributed by atoms with E-state index in [1.165, 1.54) is 5.56 Å². The molecule has 1 saturated heterocycles. The molecule has 0 spiro atoms. The molecule has 1 heterocycles. The summed E-state index contributed by atoms with van der Waals surface area (Å²) in [6, 6.07) is 6.45. The average Bonchev–Trinajstić information content (AvgIpc) is 2.89. The maximum Gasteiger partial charge on any atom is 0.161 e. The highest BCUT2D eigenvalue weighted by Gasteiger charge is 2.32. The van der Waals surface area contributed by atoms with Crippen molar-refractivity contribution >= 4 is 0 Å². The Morgan fingerprint density at radius 2 is 1.86 bits per heavy atom. The lowest BCUT2D eigenvalue weighted by Gasteiger charge is -2.23. The summed E-state index contributed by atoms with van der Waals surface area (Å²) >= 11 is 0. The Morgan fingerprint density at radius 1 is 1.10 bits per heavy atom. The van der Waals surface area contributed by atoms with Crippen LogP contribution in [0.5, 0.6) is 11.5 Å². The van der Waals surface area contributed by atoms with Crippen molar-refractivity contribution < 1.29 is 18.9 Å². The first-order valence-corrected chi connectivity index (χ1v) is 7.18. The molecule has 5 nitrogen and oxygen atoms in total. The van der Waals surface area contributed by atoms with Crippen LogP contribution in [0.2, 0.25) is 0 Å². The molecule has 2 atom stereocenters. The maximum atomic E-state index is 5.50. The summed E-state index contributed by atoms with van der Waals surface area (Å²) in [4.78, 5) is 2.40. The van der Waals surface area contributed by atoms with Crippen LogP contribution >= 0.6 is 0 Å². The van der Waals surface area contributed by atoms with Gasteiger partial charge in [-0.25, -0.2) is 0 Å². The molecule has 1 aliphatic heterocycles. The van der Waals surface area contributed by atoms with Crippen molar-refractivity contribution in [1.29, 1.82) is 0 Å². The maximum absolute atomic E-state index is 5.50. The summed E-state index contributed by atoms with van der Waals surface area (Å²) < 4.78 is 21.5. The summed E-state index contributed by atoms with van der Waals surface area (Å²) in [5, 5.41) is 0. The van der Waals surface area contributed by atoms with Crippen LogP contribution in [-0.2, 0) is 16.0 Å². The zero-order valence-electron chi connectivity index (χ0n) is 13.3. The fourth-order valence-corrected chi connectivity index (χ4v) is 2.88. The van der Waals surface area contributed by atoms with Crippen LogP contribution in [0, 0.1) is 0 Å². The predicted molar refractivity (Wildman–Crippen MR) is 81.0 cm³/mol. The van der Waals surface area contributed by atoms with Gasteiger partial charge in [0.1, 0.15) is 0 Å². The van der Waals surface area contributed by atoms with Gasteiger partial charge in [-0.3, -0.25) is 4.90 Å². The number of benzene rings is 1. The molecule has 0 aromatic heterocycles. The van der Waals surface area contributed by atoms with E-state index in [2.05, 4.69) is 11.0 Å². The molecular formula is C16H25NO4. The van der Waals surface area contributed by atoms with Gasteiger partial charge in [-0.15, -0.1) is 0 Å². The molecule has 0 N–H and O–H groups in total. The summed E-state index contributed by atoms with van der Waals surface area (Å²) in [6.45, 7) is 2.51. The summed E-state index contributed by atoms with van der Waals surface area (Å²) in [6.07, 6.45) is 1.29. The molecule has 0 bridgehead atoms. The van der Waals surface area contributed by atoms with Gasteiger partial charge in [-0.05, 0) is 24.1 Å². The molecule has 0 aliphatic carbocycles. The lowest BCUT2D eigenvalue weighted by molar-refractivity contribution is 0.106. The van der Waals surface area contributed by atoms with E-state index in [0.29, 0.717) is 6.04 Å². The van der Waals surface area contributed by atoms with Crippen molar-refractivity contribution in [2.75, 3.05) is 41.6 Å². The highest BCUT2D eigenvalue weighted by atomic mass is 16.5. The molecule has 0 amide bonds. The molecule has 2 rings (SSSR count). The number of ether oxygens (including phenoxy) is 4. The van der Waals surface area contributed by atoms with Crippen LogP contribution in [0.15, 0.2) is 18.2 Å². The fourth-order valence-electron chi connectivity index (χ4n) is 2.88. The molecule has 0 radical (unpaired) electrons. The molecule has 0 saturated carbocycles. The highest BCUT2D eigenvalue weighted by molar-refractivity contribution is 5.42. The van der Waals surface area contributed by atoms with Gasteiger partial charge in [-0.2, -0.15) is 0 Å². The lowest BCUT2D eigenvalue weighted by Crippen LogP contribution is -2.32. The van der Waals surface area contributed by atoms with Gasteiger partial charge in [-0.1, -0.05) is 6.07 Å². The van der Waals surface area contributed by atoms with Crippen LogP contribution in [0.1, 0.15) is 12.0 Å². The second kappa shape index (κ2) is 7.64. The zero-order chi connectivity index (χ0) is 15.2. The Balaban J connectivity index is 2.08. The first kappa shape index (κ1) is 16.1. The molecule has 1 fully saturated rings. The molecular weight excluding hydrogens is 270 g/mol. The van der Waals surface area contributed by atoms with Crippen LogP contribution in [0.25, 0.3) is 0 Å². The zero-order valence-corrected chi connectivity index (χ0v) is 13.3. The Labute approximate surface area is 126 Å². The van der Waals surface area contributed by atoms with E-state index in [1.807, 2.05) is 12.1 Å². The second-order valence-electron chi connectivity index (χ2n) is 5.32. The van der Waals surface area contributed by atoms with Gasteiger partial charge in [0.15, 0.2) is 11.5 Å². The summed E-state index contributed by atoms with van der Waals surface area (Å²) in [5.74, 6) is 1.52. The van der Waals surface area contributed by atoms with E-state index in [-0.39, 0.29) is 6.10 Å². The minimum absolute atomic E-state index is 0.283. The molecule has 21 heavy (non-hydrogen) atoms. The number of likely N-dealkylation sites (tertiary alicyclic amines) is 1. The quantitative estimate of drug-likeness (QED) is 0.769. The third kappa shape index (κ3) is 3.87. The third-order valence-electron chi connectivity index (χ3n) is 4.02. The Kier molecular flexibility index (Phi) is 5.85. The normalized spacial score (nSPS) is 22.5. The van der Waals surface area contributed by atoms with Gasteiger partial charge in [0, 0.05) is 33.4 Å². The number of methoxy groups -OCH3 is 4. The Morgan fingerprint density at radius 3 is 2.48 bits per heavy atom. The average molecular weight is 295 g/mol. The molecule has 5 heteroatoms. The van der Waals surface area contributed by atoms with Crippen molar-refractivity contribution in [2.24, 2.45) is 0 Å². The van der Waals surface area contributed by atoms with Gasteiger partial charge in [0.25, 0.3) is 0 Å². The van der Waals surface area contributed by atoms with Crippen molar-refractivity contribution in [3.8, 4) is 11.5 Å². The van der Waals surface area contributed by atoms with Crippen LogP contribution in [0.4, 0.5) is 0 Å². The minimum Gasteiger partial charge on any atom is -0.493 e. The molecule has 1 aromatic rings. The third-order valence-corrected chi connectivity index (χ3v) is 4.02. The lowest BCUT2D eigenvalue weighted by atomic mass is 10.1. The second-order valence-corrected chi connectivity index (χ2v) is 5.32. The van der Waals surface area contributed by atoms with Crippen molar-refractivity contribution in [3.63, 3.8) is 0 Å². The number of hydrogen-bond acceptors (Lipinski definition) is 5. The molecule has 0 unspecified atom stereocenters. The SMILES string of the molecule is COC[C@@H]1C[C@@H](OC)CN1Cc1ccc(OC)c(OC)c1. The summed E-state index contributed by atoms with van der Waals surface area (Å²) in [7, 11) is 6.82. The van der Waals surface area contributed by atoms with Crippen LogP contribution in [0.3, 0.4) is 0 Å². The van der Waals surface area contributed by atoms with E-state index >= 15 is 0 Å². The van der Waals surface area contributed by atoms with Crippen molar-refractivity contribution in [3.05, 3.63) is 23.8 Å². The van der Waals surface area contributed by atoms with Crippen molar-refractivity contribution in [2.45, 2.75) is 25.1 Å². The monoisotopic (exact) mass is 295 g/mol. The topological polar surface area (TPSA) is 40.2 Å². The number of nitrogens with zero attached hydrogens (tertiary/aromatic N) is 1. The molecule has 118 valence electrons. The predicted octanol–water partition coefficient (Wildman–Crippen LogP) is 1.94. The first-order valence-electron chi connectivity index (χ1n) is 7.18. The van der Waals surface area contributed by atoms with Crippen molar-refractivity contribution in [1.82, 2.24) is 4.90 Å². The van der Waals surface area contributed by atoms with E-state index in [4.69, 9.17) is 18.9 Å². The molecule has 1 aliphatic rings. The van der Waals surface area contributed by atoms with Gasteiger partial charge in [0.05, 0.1) is 26.9 Å². The highest BCUT2D eigenvalue weighted by Crippen LogP contribution is 2.29. The minimum atomic E-state index is 0.283. The number of rotatable bonds is 7. The Bertz CT molecular complexity index is 452.